The summed E-state index contributed by atoms with van der Waals surface area (Å²) < 4.78 is 29.8. The first-order chi connectivity index (χ1) is 11.4. The van der Waals surface area contributed by atoms with Crippen LogP contribution in [0, 0.1) is 5.92 Å². The van der Waals surface area contributed by atoms with Crippen molar-refractivity contribution >= 4 is 15.9 Å². The van der Waals surface area contributed by atoms with Crippen molar-refractivity contribution in [2.24, 2.45) is 5.92 Å². The number of amides is 1. The molecule has 1 heterocycles. The molecule has 0 bridgehead atoms. The molecule has 0 saturated carbocycles. The number of carbonyl (C=O) groups is 1. The van der Waals surface area contributed by atoms with Gasteiger partial charge in [-0.15, -0.1) is 0 Å². The van der Waals surface area contributed by atoms with Crippen LogP contribution in [0.1, 0.15) is 25.3 Å². The molecule has 1 N–H and O–H groups in total. The lowest BCUT2D eigenvalue weighted by Crippen LogP contribution is -2.41. The standard InChI is InChI=1S/C17H26N2O4S/c1-3-23-16-6-4-14(5-7-16)12-17(20)18-13-15-8-10-19(11-9-15)24(2,21)22/h4-7,15H,3,8-13H2,1-2H3,(H,18,20). The van der Waals surface area contributed by atoms with E-state index in [0.717, 1.165) is 24.2 Å². The maximum atomic E-state index is 12.0. The van der Waals surface area contributed by atoms with Gasteiger partial charge in [-0.1, -0.05) is 12.1 Å². The van der Waals surface area contributed by atoms with Gasteiger partial charge in [0.1, 0.15) is 5.75 Å². The van der Waals surface area contributed by atoms with Crippen molar-refractivity contribution < 1.29 is 17.9 Å². The number of rotatable bonds is 7. The Balaban J connectivity index is 1.72. The molecule has 134 valence electrons. The second-order valence-corrected chi connectivity index (χ2v) is 8.15. The van der Waals surface area contributed by atoms with Crippen LogP contribution in [0.3, 0.4) is 0 Å². The molecular formula is C17H26N2O4S. The van der Waals surface area contributed by atoms with Gasteiger partial charge in [0.25, 0.3) is 0 Å². The highest BCUT2D eigenvalue weighted by Crippen LogP contribution is 2.18. The smallest absolute Gasteiger partial charge is 0.224 e. The lowest BCUT2D eigenvalue weighted by atomic mass is 9.98. The number of carbonyl (C=O) groups excluding carboxylic acids is 1. The molecular weight excluding hydrogens is 328 g/mol. The maximum absolute atomic E-state index is 12.0. The lowest BCUT2D eigenvalue weighted by molar-refractivity contribution is -0.120. The monoisotopic (exact) mass is 354 g/mol. The molecule has 0 atom stereocenters. The lowest BCUT2D eigenvalue weighted by Gasteiger charge is -2.30. The van der Waals surface area contributed by atoms with Crippen molar-refractivity contribution in [3.63, 3.8) is 0 Å². The van der Waals surface area contributed by atoms with Gasteiger partial charge in [0.05, 0.1) is 19.3 Å². The molecule has 0 radical (unpaired) electrons. The number of sulfonamides is 1. The van der Waals surface area contributed by atoms with Gasteiger partial charge in [-0.3, -0.25) is 4.79 Å². The second kappa shape index (κ2) is 8.48. The number of hydrogen-bond donors (Lipinski definition) is 1. The topological polar surface area (TPSA) is 75.7 Å². The van der Waals surface area contributed by atoms with Gasteiger partial charge < -0.3 is 10.1 Å². The van der Waals surface area contributed by atoms with Crippen molar-refractivity contribution in [3.05, 3.63) is 29.8 Å². The number of nitrogens with zero attached hydrogens (tertiary/aromatic N) is 1. The predicted molar refractivity (Wildman–Crippen MR) is 93.5 cm³/mol. The number of benzene rings is 1. The van der Waals surface area contributed by atoms with Crippen molar-refractivity contribution in [2.75, 3.05) is 32.5 Å². The molecule has 7 heteroatoms. The minimum Gasteiger partial charge on any atom is -0.494 e. The predicted octanol–water partition coefficient (Wildman–Crippen LogP) is 1.42. The number of hydrogen-bond acceptors (Lipinski definition) is 4. The summed E-state index contributed by atoms with van der Waals surface area (Å²) in [6, 6.07) is 7.53. The summed E-state index contributed by atoms with van der Waals surface area (Å²) in [4.78, 5) is 12.0. The van der Waals surface area contributed by atoms with E-state index in [1.807, 2.05) is 31.2 Å². The van der Waals surface area contributed by atoms with Gasteiger partial charge in [0.15, 0.2) is 0 Å². The fraction of sp³-hybridized carbons (Fsp3) is 0.588. The molecule has 1 aliphatic heterocycles. The highest BCUT2D eigenvalue weighted by molar-refractivity contribution is 7.88. The van der Waals surface area contributed by atoms with Crippen LogP contribution >= 0.6 is 0 Å². The molecule has 1 aromatic rings. The molecule has 1 aromatic carbocycles. The second-order valence-electron chi connectivity index (χ2n) is 6.16. The van der Waals surface area contributed by atoms with Gasteiger partial charge >= 0.3 is 0 Å². The zero-order valence-corrected chi connectivity index (χ0v) is 15.1. The van der Waals surface area contributed by atoms with Crippen molar-refractivity contribution in [1.82, 2.24) is 9.62 Å². The molecule has 2 rings (SSSR count). The van der Waals surface area contributed by atoms with Gasteiger partial charge in [-0.05, 0) is 43.4 Å². The van der Waals surface area contributed by atoms with Crippen molar-refractivity contribution in [1.29, 1.82) is 0 Å². The summed E-state index contributed by atoms with van der Waals surface area (Å²) >= 11 is 0. The Hall–Kier alpha value is -1.60. The Morgan fingerprint density at radius 3 is 2.42 bits per heavy atom. The van der Waals surface area contributed by atoms with E-state index in [4.69, 9.17) is 4.74 Å². The van der Waals surface area contributed by atoms with Crippen LogP contribution in [0.25, 0.3) is 0 Å². The number of piperidine rings is 1. The first-order valence-corrected chi connectivity index (χ1v) is 10.2. The fourth-order valence-electron chi connectivity index (χ4n) is 2.82. The van der Waals surface area contributed by atoms with E-state index < -0.39 is 10.0 Å². The molecule has 1 fully saturated rings. The Labute approximate surface area is 144 Å². The van der Waals surface area contributed by atoms with Gasteiger partial charge in [0.2, 0.25) is 15.9 Å². The van der Waals surface area contributed by atoms with Crippen LogP contribution in [0.2, 0.25) is 0 Å². The van der Waals surface area contributed by atoms with Crippen LogP contribution in [0.15, 0.2) is 24.3 Å². The van der Waals surface area contributed by atoms with Crippen LogP contribution in [-0.2, 0) is 21.2 Å². The fourth-order valence-corrected chi connectivity index (χ4v) is 3.70. The SMILES string of the molecule is CCOc1ccc(CC(=O)NCC2CCN(S(C)(=O)=O)CC2)cc1. The van der Waals surface area contributed by atoms with E-state index >= 15 is 0 Å². The van der Waals surface area contributed by atoms with E-state index in [1.54, 1.807) is 0 Å². The third-order valence-electron chi connectivity index (χ3n) is 4.23. The average Bonchev–Trinajstić information content (AvgIpc) is 2.55. The third-order valence-corrected chi connectivity index (χ3v) is 5.53. The first-order valence-electron chi connectivity index (χ1n) is 8.32. The van der Waals surface area contributed by atoms with Crippen LogP contribution in [0.4, 0.5) is 0 Å². The Morgan fingerprint density at radius 2 is 1.88 bits per heavy atom. The summed E-state index contributed by atoms with van der Waals surface area (Å²) in [6.07, 6.45) is 3.16. The molecule has 1 aliphatic rings. The Kier molecular flexibility index (Phi) is 6.62. The van der Waals surface area contributed by atoms with Gasteiger partial charge in [0, 0.05) is 19.6 Å². The summed E-state index contributed by atoms with van der Waals surface area (Å²) in [7, 11) is -3.09. The minimum atomic E-state index is -3.09. The highest BCUT2D eigenvalue weighted by atomic mass is 32.2. The summed E-state index contributed by atoms with van der Waals surface area (Å²) in [5.74, 6) is 1.14. The number of ether oxygens (including phenoxy) is 1. The minimum absolute atomic E-state index is 0.00953. The number of nitrogens with one attached hydrogen (secondary N) is 1. The summed E-state index contributed by atoms with van der Waals surface area (Å²) in [6.45, 7) is 4.24. The third kappa shape index (κ3) is 5.79. The van der Waals surface area contributed by atoms with Crippen molar-refractivity contribution in [3.8, 4) is 5.75 Å². The van der Waals surface area contributed by atoms with E-state index in [-0.39, 0.29) is 5.91 Å². The molecule has 0 aromatic heterocycles. The zero-order chi connectivity index (χ0) is 17.6. The molecule has 0 unspecified atom stereocenters. The molecule has 1 amide bonds. The first kappa shape index (κ1) is 18.7. The van der Waals surface area contributed by atoms with E-state index in [0.29, 0.717) is 38.6 Å². The quantitative estimate of drug-likeness (QED) is 0.803. The largest absolute Gasteiger partial charge is 0.494 e. The summed E-state index contributed by atoms with van der Waals surface area (Å²) in [5, 5.41) is 2.96. The molecule has 24 heavy (non-hydrogen) atoms. The Bertz CT molecular complexity index is 635. The van der Waals surface area contributed by atoms with Gasteiger partial charge in [-0.25, -0.2) is 12.7 Å². The van der Waals surface area contributed by atoms with E-state index in [1.165, 1.54) is 10.6 Å². The van der Waals surface area contributed by atoms with E-state index in [2.05, 4.69) is 5.32 Å². The van der Waals surface area contributed by atoms with Crippen LogP contribution < -0.4 is 10.1 Å². The van der Waals surface area contributed by atoms with Crippen LogP contribution in [0.5, 0.6) is 5.75 Å². The summed E-state index contributed by atoms with van der Waals surface area (Å²) in [5.41, 5.74) is 0.947. The zero-order valence-electron chi connectivity index (χ0n) is 14.3. The van der Waals surface area contributed by atoms with E-state index in [9.17, 15) is 13.2 Å². The normalized spacial score (nSPS) is 16.8. The molecule has 1 saturated heterocycles. The molecule has 0 spiro atoms. The average molecular weight is 354 g/mol. The van der Waals surface area contributed by atoms with Gasteiger partial charge in [-0.2, -0.15) is 0 Å². The highest BCUT2D eigenvalue weighted by Gasteiger charge is 2.24. The maximum Gasteiger partial charge on any atom is 0.224 e. The molecule has 6 nitrogen and oxygen atoms in total. The van der Waals surface area contributed by atoms with Crippen LogP contribution in [-0.4, -0.2) is 51.1 Å². The van der Waals surface area contributed by atoms with Crippen molar-refractivity contribution in [2.45, 2.75) is 26.2 Å². The Morgan fingerprint density at radius 1 is 1.25 bits per heavy atom. The molecule has 0 aliphatic carbocycles.